The lowest BCUT2D eigenvalue weighted by Crippen LogP contribution is -2.46. The van der Waals surface area contributed by atoms with Crippen LogP contribution in [0.5, 0.6) is 0 Å². The highest BCUT2D eigenvalue weighted by Crippen LogP contribution is 2.31. The van der Waals surface area contributed by atoms with Gasteiger partial charge in [-0.25, -0.2) is 8.42 Å². The van der Waals surface area contributed by atoms with Crippen LogP contribution >= 0.6 is 12.4 Å². The average molecular weight is 414 g/mol. The predicted molar refractivity (Wildman–Crippen MR) is 105 cm³/mol. The summed E-state index contributed by atoms with van der Waals surface area (Å²) in [4.78, 5) is 12.5. The fourth-order valence-corrected chi connectivity index (χ4v) is 4.36. The third-order valence-corrected chi connectivity index (χ3v) is 6.01. The van der Waals surface area contributed by atoms with Crippen molar-refractivity contribution in [3.8, 4) is 0 Å². The molecule has 27 heavy (non-hydrogen) atoms. The standard InChI is InChI=1S/C17H23N5O3S.ClH/c1-11(21-26(24,25)14-9-19-22(2)10-14)17(23)20-16-5-3-4-12-8-13(18)6-7-15(12)16;/h6-11,16,21H,3-5,18H2,1-2H3,(H,20,23);1H. The van der Waals surface area contributed by atoms with Gasteiger partial charge in [-0.2, -0.15) is 9.82 Å². The normalized spacial score (nSPS) is 17.5. The molecule has 4 N–H and O–H groups in total. The number of nitrogen functional groups attached to an aromatic ring is 1. The third-order valence-electron chi connectivity index (χ3n) is 4.51. The first-order valence-corrected chi connectivity index (χ1v) is 9.94. The molecule has 1 aromatic carbocycles. The number of aryl methyl sites for hydroxylation is 2. The van der Waals surface area contributed by atoms with E-state index in [4.69, 9.17) is 5.73 Å². The summed E-state index contributed by atoms with van der Waals surface area (Å²) >= 11 is 0. The number of hydrogen-bond donors (Lipinski definition) is 3. The van der Waals surface area contributed by atoms with Crippen molar-refractivity contribution in [2.45, 2.75) is 43.2 Å². The van der Waals surface area contributed by atoms with Crippen LogP contribution in [0.2, 0.25) is 0 Å². The first kappa shape index (κ1) is 21.2. The third kappa shape index (κ3) is 4.79. The topological polar surface area (TPSA) is 119 Å². The highest BCUT2D eigenvalue weighted by Gasteiger charge is 2.27. The van der Waals surface area contributed by atoms with Crippen LogP contribution in [0, 0.1) is 0 Å². The zero-order chi connectivity index (χ0) is 18.9. The van der Waals surface area contributed by atoms with E-state index in [1.165, 1.54) is 24.0 Å². The first-order valence-electron chi connectivity index (χ1n) is 8.46. The maximum Gasteiger partial charge on any atom is 0.244 e. The largest absolute Gasteiger partial charge is 0.399 e. The predicted octanol–water partition coefficient (Wildman–Crippen LogP) is 1.28. The molecular formula is C17H24ClN5O3S. The van der Waals surface area contributed by atoms with Gasteiger partial charge in [0, 0.05) is 18.9 Å². The number of sulfonamides is 1. The molecule has 0 fully saturated rings. The number of halogens is 1. The highest BCUT2D eigenvalue weighted by atomic mass is 35.5. The van der Waals surface area contributed by atoms with Crippen molar-refractivity contribution in [2.75, 3.05) is 5.73 Å². The van der Waals surface area contributed by atoms with E-state index in [9.17, 15) is 13.2 Å². The Labute approximate surface area is 165 Å². The van der Waals surface area contributed by atoms with Gasteiger partial charge < -0.3 is 11.1 Å². The summed E-state index contributed by atoms with van der Waals surface area (Å²) < 4.78 is 28.4. The molecule has 1 heterocycles. The number of carbonyl (C=O) groups excluding carboxylic acids is 1. The maximum absolute atomic E-state index is 12.5. The van der Waals surface area contributed by atoms with Gasteiger partial charge >= 0.3 is 0 Å². The van der Waals surface area contributed by atoms with E-state index < -0.39 is 16.1 Å². The SMILES string of the molecule is CC(NS(=O)(=O)c1cnn(C)c1)C(=O)NC1CCCc2cc(N)ccc21.Cl. The lowest BCUT2D eigenvalue weighted by Gasteiger charge is -2.28. The molecule has 0 spiro atoms. The number of amides is 1. The molecule has 2 unspecified atom stereocenters. The van der Waals surface area contributed by atoms with Gasteiger partial charge in [0.15, 0.2) is 0 Å². The summed E-state index contributed by atoms with van der Waals surface area (Å²) in [7, 11) is -2.17. The molecule has 0 radical (unpaired) electrons. The summed E-state index contributed by atoms with van der Waals surface area (Å²) in [5, 5.41) is 6.79. The monoisotopic (exact) mass is 413 g/mol. The van der Waals surface area contributed by atoms with E-state index in [2.05, 4.69) is 15.1 Å². The Hall–Kier alpha value is -2.10. The molecule has 1 aliphatic rings. The fraction of sp³-hybridized carbons (Fsp3) is 0.412. The van der Waals surface area contributed by atoms with E-state index in [-0.39, 0.29) is 29.3 Å². The number of anilines is 1. The van der Waals surface area contributed by atoms with Crippen LogP contribution in [0.3, 0.4) is 0 Å². The van der Waals surface area contributed by atoms with E-state index in [1.807, 2.05) is 18.2 Å². The summed E-state index contributed by atoms with van der Waals surface area (Å²) in [6, 6.07) is 4.64. The van der Waals surface area contributed by atoms with Crippen LogP contribution < -0.4 is 15.8 Å². The number of rotatable bonds is 5. The number of fused-ring (bicyclic) bond motifs is 1. The molecule has 2 atom stereocenters. The van der Waals surface area contributed by atoms with Crippen molar-refractivity contribution in [3.63, 3.8) is 0 Å². The number of benzene rings is 1. The smallest absolute Gasteiger partial charge is 0.244 e. The van der Waals surface area contributed by atoms with Crippen molar-refractivity contribution in [2.24, 2.45) is 7.05 Å². The molecule has 0 saturated heterocycles. The molecule has 1 aromatic heterocycles. The maximum atomic E-state index is 12.5. The van der Waals surface area contributed by atoms with Crippen molar-refractivity contribution in [3.05, 3.63) is 41.7 Å². The molecular weight excluding hydrogens is 390 g/mol. The molecule has 0 saturated carbocycles. The van der Waals surface area contributed by atoms with Gasteiger partial charge in [-0.15, -0.1) is 12.4 Å². The minimum Gasteiger partial charge on any atom is -0.399 e. The molecule has 148 valence electrons. The Bertz CT molecular complexity index is 928. The molecule has 2 aromatic rings. The number of nitrogens with one attached hydrogen (secondary N) is 2. The first-order chi connectivity index (χ1) is 12.3. The molecule has 8 nitrogen and oxygen atoms in total. The van der Waals surface area contributed by atoms with Gasteiger partial charge in [0.05, 0.1) is 18.3 Å². The van der Waals surface area contributed by atoms with E-state index in [0.717, 1.165) is 30.4 Å². The van der Waals surface area contributed by atoms with Gasteiger partial charge in [-0.1, -0.05) is 6.07 Å². The molecule has 10 heteroatoms. The average Bonchev–Trinajstić information content (AvgIpc) is 3.02. The fourth-order valence-electron chi connectivity index (χ4n) is 3.17. The number of aromatic nitrogens is 2. The molecule has 1 amide bonds. The van der Waals surface area contributed by atoms with Crippen molar-refractivity contribution >= 4 is 34.0 Å². The summed E-state index contributed by atoms with van der Waals surface area (Å²) in [6.45, 7) is 1.52. The minimum absolute atomic E-state index is 0. The van der Waals surface area contributed by atoms with Crippen LogP contribution in [0.25, 0.3) is 0 Å². The van der Waals surface area contributed by atoms with Crippen molar-refractivity contribution in [1.29, 1.82) is 0 Å². The second kappa shape index (κ2) is 8.28. The van der Waals surface area contributed by atoms with Crippen molar-refractivity contribution in [1.82, 2.24) is 19.8 Å². The second-order valence-corrected chi connectivity index (χ2v) is 8.32. The van der Waals surface area contributed by atoms with Gasteiger partial charge in [0.25, 0.3) is 0 Å². The van der Waals surface area contributed by atoms with E-state index >= 15 is 0 Å². The molecule has 0 bridgehead atoms. The summed E-state index contributed by atoms with van der Waals surface area (Å²) in [6.07, 6.45) is 5.31. The van der Waals surface area contributed by atoms with Crippen LogP contribution in [-0.2, 0) is 28.3 Å². The molecule has 1 aliphatic carbocycles. The zero-order valence-corrected chi connectivity index (χ0v) is 16.8. The van der Waals surface area contributed by atoms with E-state index in [0.29, 0.717) is 5.69 Å². The lowest BCUT2D eigenvalue weighted by molar-refractivity contribution is -0.123. The van der Waals surface area contributed by atoms with Crippen molar-refractivity contribution < 1.29 is 13.2 Å². The summed E-state index contributed by atoms with van der Waals surface area (Å²) in [5.74, 6) is -0.368. The number of nitrogens with zero attached hydrogens (tertiary/aromatic N) is 2. The lowest BCUT2D eigenvalue weighted by atomic mass is 9.87. The number of carbonyl (C=O) groups is 1. The van der Waals surface area contributed by atoms with Crippen LogP contribution in [0.1, 0.15) is 36.9 Å². The van der Waals surface area contributed by atoms with Gasteiger partial charge in [-0.3, -0.25) is 9.48 Å². The highest BCUT2D eigenvalue weighted by molar-refractivity contribution is 7.89. The molecule has 3 rings (SSSR count). The zero-order valence-electron chi connectivity index (χ0n) is 15.2. The van der Waals surface area contributed by atoms with Gasteiger partial charge in [0.2, 0.25) is 15.9 Å². The van der Waals surface area contributed by atoms with Gasteiger partial charge in [-0.05, 0) is 49.4 Å². The Balaban J connectivity index is 0.00000261. The van der Waals surface area contributed by atoms with E-state index in [1.54, 1.807) is 7.05 Å². The Morgan fingerprint density at radius 2 is 2.15 bits per heavy atom. The van der Waals surface area contributed by atoms with Crippen LogP contribution in [-0.4, -0.2) is 30.1 Å². The Morgan fingerprint density at radius 1 is 1.41 bits per heavy atom. The second-order valence-electron chi connectivity index (χ2n) is 6.60. The van der Waals surface area contributed by atoms with Crippen LogP contribution in [0.4, 0.5) is 5.69 Å². The molecule has 0 aliphatic heterocycles. The van der Waals surface area contributed by atoms with Gasteiger partial charge in [0.1, 0.15) is 4.90 Å². The number of nitrogens with two attached hydrogens (primary N) is 1. The van der Waals surface area contributed by atoms with Crippen LogP contribution in [0.15, 0.2) is 35.5 Å². The Kier molecular flexibility index (Phi) is 6.50. The summed E-state index contributed by atoms with van der Waals surface area (Å²) in [5.41, 5.74) is 8.71. The quantitative estimate of drug-likeness (QED) is 0.638. The Morgan fingerprint density at radius 3 is 2.81 bits per heavy atom. The minimum atomic E-state index is -3.80. The number of hydrogen-bond acceptors (Lipinski definition) is 5.